The summed E-state index contributed by atoms with van der Waals surface area (Å²) in [4.78, 5) is 11.2. The Hall–Kier alpha value is -1.45. The van der Waals surface area contributed by atoms with Gasteiger partial charge in [-0.1, -0.05) is 6.07 Å². The summed E-state index contributed by atoms with van der Waals surface area (Å²) >= 11 is 1.94. The summed E-state index contributed by atoms with van der Waals surface area (Å²) in [5.74, 6) is -1.19. The Kier molecular flexibility index (Phi) is 3.61. The lowest BCUT2D eigenvalue weighted by atomic mass is 10.2. The van der Waals surface area contributed by atoms with Crippen molar-refractivity contribution in [1.82, 2.24) is 4.37 Å². The van der Waals surface area contributed by atoms with E-state index in [2.05, 4.69) is 4.37 Å². The zero-order valence-corrected chi connectivity index (χ0v) is 12.5. The number of hydrogen-bond acceptors (Lipinski definition) is 6. The Morgan fingerprint density at radius 2 is 2.16 bits per heavy atom. The lowest BCUT2D eigenvalue weighted by Crippen LogP contribution is -2.26. The van der Waals surface area contributed by atoms with Gasteiger partial charge >= 0.3 is 5.97 Å². The van der Waals surface area contributed by atoms with Crippen LogP contribution in [0.1, 0.15) is 16.1 Å². The maximum absolute atomic E-state index is 12.3. The molecule has 102 valence electrons. The van der Waals surface area contributed by atoms with Gasteiger partial charge in [-0.2, -0.15) is 4.37 Å². The molecule has 0 unspecified atom stereocenters. The number of carbonyl (C=O) groups is 1. The van der Waals surface area contributed by atoms with Crippen LogP contribution in [0.25, 0.3) is 0 Å². The number of carboxylic acid groups (broad SMARTS) is 1. The summed E-state index contributed by atoms with van der Waals surface area (Å²) in [7, 11) is -2.40. The zero-order chi connectivity index (χ0) is 14.2. The number of anilines is 1. The number of rotatable bonds is 4. The summed E-state index contributed by atoms with van der Waals surface area (Å²) in [6.07, 6.45) is 0. The Morgan fingerprint density at radius 1 is 1.47 bits per heavy atom. The molecule has 0 bridgehead atoms. The van der Waals surface area contributed by atoms with Gasteiger partial charge in [0.25, 0.3) is 10.0 Å². The zero-order valence-electron chi connectivity index (χ0n) is 10.0. The van der Waals surface area contributed by atoms with E-state index in [1.54, 1.807) is 11.4 Å². The van der Waals surface area contributed by atoms with E-state index in [9.17, 15) is 13.2 Å². The number of carboxylic acids is 1. The molecule has 0 saturated carbocycles. The number of nitrogens with zero attached hydrogens (tertiary/aromatic N) is 2. The van der Waals surface area contributed by atoms with Gasteiger partial charge in [-0.05, 0) is 29.9 Å². The maximum atomic E-state index is 12.3. The first-order valence-corrected chi connectivity index (χ1v) is 8.17. The van der Waals surface area contributed by atoms with E-state index < -0.39 is 16.0 Å². The minimum atomic E-state index is -3.73. The number of aromatic nitrogens is 1. The fourth-order valence-corrected chi connectivity index (χ4v) is 4.89. The molecule has 19 heavy (non-hydrogen) atoms. The molecule has 2 rings (SSSR count). The van der Waals surface area contributed by atoms with Crippen LogP contribution in [0.4, 0.5) is 5.00 Å². The average Bonchev–Trinajstić information content (AvgIpc) is 2.96. The molecule has 2 aromatic rings. The molecule has 6 nitrogen and oxygen atoms in total. The molecule has 0 atom stereocenters. The van der Waals surface area contributed by atoms with E-state index in [-0.39, 0.29) is 14.8 Å². The van der Waals surface area contributed by atoms with Crippen LogP contribution in [0.15, 0.2) is 21.7 Å². The Bertz CT molecular complexity index is 703. The summed E-state index contributed by atoms with van der Waals surface area (Å²) in [5, 5.41) is 10.9. The number of hydrogen-bond donors (Lipinski definition) is 1. The van der Waals surface area contributed by atoms with Crippen molar-refractivity contribution in [3.63, 3.8) is 0 Å². The second-order valence-electron chi connectivity index (χ2n) is 3.66. The Labute approximate surface area is 118 Å². The summed E-state index contributed by atoms with van der Waals surface area (Å²) in [5.41, 5.74) is 0.230. The Balaban J connectivity index is 2.52. The SMILES string of the molecule is Cc1nsc(N(C)S(=O)(=O)c2cccs2)c1C(=O)O. The number of thiophene rings is 1. The highest BCUT2D eigenvalue weighted by Crippen LogP contribution is 2.32. The van der Waals surface area contributed by atoms with Gasteiger partial charge in [-0.25, -0.2) is 13.2 Å². The van der Waals surface area contributed by atoms with Gasteiger partial charge in [-0.15, -0.1) is 11.3 Å². The van der Waals surface area contributed by atoms with Crippen LogP contribution in [-0.4, -0.2) is 30.9 Å². The van der Waals surface area contributed by atoms with Crippen molar-refractivity contribution >= 4 is 43.9 Å². The summed E-state index contributed by atoms with van der Waals surface area (Å²) in [6.45, 7) is 1.54. The van der Waals surface area contributed by atoms with E-state index >= 15 is 0 Å². The second-order valence-corrected chi connectivity index (χ2v) is 7.55. The number of sulfonamides is 1. The van der Waals surface area contributed by atoms with Crippen molar-refractivity contribution in [3.8, 4) is 0 Å². The largest absolute Gasteiger partial charge is 0.478 e. The predicted molar refractivity (Wildman–Crippen MR) is 73.7 cm³/mol. The van der Waals surface area contributed by atoms with Gasteiger partial charge in [0.05, 0.1) is 5.69 Å². The first-order chi connectivity index (χ1) is 8.85. The number of aromatic carboxylic acids is 1. The number of aryl methyl sites for hydroxylation is 1. The predicted octanol–water partition coefficient (Wildman–Crippen LogP) is 2.04. The standard InChI is InChI=1S/C10H10N2O4S3/c1-6-8(10(13)14)9(18-11-6)12(2)19(15,16)7-4-3-5-17-7/h3-5H,1-2H3,(H,13,14). The fraction of sp³-hybridized carbons (Fsp3) is 0.200. The lowest BCUT2D eigenvalue weighted by molar-refractivity contribution is 0.0697. The third-order valence-corrected chi connectivity index (χ3v) is 6.72. The molecule has 2 heterocycles. The van der Waals surface area contributed by atoms with Gasteiger partial charge in [0.2, 0.25) is 0 Å². The summed E-state index contributed by atoms with van der Waals surface area (Å²) < 4.78 is 29.6. The molecular weight excluding hydrogens is 308 g/mol. The molecule has 0 spiro atoms. The van der Waals surface area contributed by atoms with Gasteiger partial charge in [-0.3, -0.25) is 4.31 Å². The van der Waals surface area contributed by atoms with Gasteiger partial charge in [0, 0.05) is 7.05 Å². The van der Waals surface area contributed by atoms with E-state index in [1.807, 2.05) is 0 Å². The topological polar surface area (TPSA) is 87.6 Å². The monoisotopic (exact) mass is 318 g/mol. The molecule has 1 N–H and O–H groups in total. The minimum Gasteiger partial charge on any atom is -0.478 e. The quantitative estimate of drug-likeness (QED) is 0.932. The van der Waals surface area contributed by atoms with Crippen molar-refractivity contribution < 1.29 is 18.3 Å². The van der Waals surface area contributed by atoms with Gasteiger partial charge in [0.15, 0.2) is 0 Å². The van der Waals surface area contributed by atoms with Crippen LogP contribution in [0.5, 0.6) is 0 Å². The average molecular weight is 318 g/mol. The third-order valence-electron chi connectivity index (χ3n) is 2.45. The molecule has 0 aliphatic rings. The van der Waals surface area contributed by atoms with E-state index in [0.29, 0.717) is 5.69 Å². The first kappa shape index (κ1) is 14.0. The normalized spacial score (nSPS) is 11.5. The Morgan fingerprint density at radius 3 is 2.68 bits per heavy atom. The molecule has 0 aromatic carbocycles. The van der Waals surface area contributed by atoms with Gasteiger partial charge < -0.3 is 5.11 Å². The van der Waals surface area contributed by atoms with Crippen molar-refractivity contribution in [2.75, 3.05) is 11.4 Å². The molecule has 0 radical (unpaired) electrons. The van der Waals surface area contributed by atoms with Crippen molar-refractivity contribution in [2.24, 2.45) is 0 Å². The molecular formula is C10H10N2O4S3. The van der Waals surface area contributed by atoms with Crippen LogP contribution >= 0.6 is 22.9 Å². The van der Waals surface area contributed by atoms with E-state index in [4.69, 9.17) is 5.11 Å². The van der Waals surface area contributed by atoms with Crippen LogP contribution in [-0.2, 0) is 10.0 Å². The van der Waals surface area contributed by atoms with Crippen molar-refractivity contribution in [3.05, 3.63) is 28.8 Å². The lowest BCUT2D eigenvalue weighted by Gasteiger charge is -2.16. The third kappa shape index (κ3) is 2.36. The fourth-order valence-electron chi connectivity index (χ4n) is 1.47. The first-order valence-electron chi connectivity index (χ1n) is 5.07. The van der Waals surface area contributed by atoms with Crippen LogP contribution < -0.4 is 4.31 Å². The van der Waals surface area contributed by atoms with Crippen molar-refractivity contribution in [2.45, 2.75) is 11.1 Å². The molecule has 0 aliphatic heterocycles. The molecule has 0 fully saturated rings. The molecule has 0 amide bonds. The smallest absolute Gasteiger partial charge is 0.340 e. The van der Waals surface area contributed by atoms with Crippen molar-refractivity contribution in [1.29, 1.82) is 0 Å². The molecule has 0 saturated heterocycles. The summed E-state index contributed by atoms with van der Waals surface area (Å²) in [6, 6.07) is 3.10. The maximum Gasteiger partial charge on any atom is 0.340 e. The highest BCUT2D eigenvalue weighted by Gasteiger charge is 2.29. The molecule has 0 aliphatic carbocycles. The van der Waals surface area contributed by atoms with Crippen LogP contribution in [0, 0.1) is 6.92 Å². The minimum absolute atomic E-state index is 0.0763. The highest BCUT2D eigenvalue weighted by molar-refractivity contribution is 7.94. The molecule has 9 heteroatoms. The van der Waals surface area contributed by atoms with Crippen LogP contribution in [0.2, 0.25) is 0 Å². The molecule has 2 aromatic heterocycles. The second kappa shape index (κ2) is 4.91. The van der Waals surface area contributed by atoms with Crippen LogP contribution in [0.3, 0.4) is 0 Å². The van der Waals surface area contributed by atoms with Gasteiger partial charge in [0.1, 0.15) is 14.8 Å². The van der Waals surface area contributed by atoms with E-state index in [1.165, 1.54) is 20.0 Å². The highest BCUT2D eigenvalue weighted by atomic mass is 32.2. The van der Waals surface area contributed by atoms with E-state index in [0.717, 1.165) is 27.2 Å².